The van der Waals surface area contributed by atoms with Crippen molar-refractivity contribution in [1.82, 2.24) is 4.73 Å². The number of carbonyl (C=O) groups is 2. The van der Waals surface area contributed by atoms with Crippen molar-refractivity contribution in [3.05, 3.63) is 64.1 Å². The number of amides is 1. The number of hydrogen-bond acceptors (Lipinski definition) is 4. The van der Waals surface area contributed by atoms with E-state index in [-0.39, 0.29) is 5.56 Å². The fourth-order valence-electron chi connectivity index (χ4n) is 1.84. The molecule has 0 aliphatic carbocycles. The SMILES string of the molecule is CCc1ccc(NC(=O)COn2cc(C(=O)O)ccc2=O)cc1. The Morgan fingerprint density at radius 2 is 1.87 bits per heavy atom. The van der Waals surface area contributed by atoms with Gasteiger partial charge in [-0.05, 0) is 30.2 Å². The molecule has 0 saturated carbocycles. The first-order valence-electron chi connectivity index (χ1n) is 6.97. The number of nitrogens with zero attached hydrogens (tertiary/aromatic N) is 1. The fourth-order valence-corrected chi connectivity index (χ4v) is 1.84. The zero-order chi connectivity index (χ0) is 16.8. The highest BCUT2D eigenvalue weighted by Gasteiger charge is 2.08. The van der Waals surface area contributed by atoms with E-state index >= 15 is 0 Å². The zero-order valence-electron chi connectivity index (χ0n) is 12.5. The van der Waals surface area contributed by atoms with E-state index in [1.165, 1.54) is 6.07 Å². The van der Waals surface area contributed by atoms with Gasteiger partial charge in [0.2, 0.25) is 0 Å². The van der Waals surface area contributed by atoms with E-state index in [4.69, 9.17) is 9.94 Å². The van der Waals surface area contributed by atoms with Crippen molar-refractivity contribution in [2.75, 3.05) is 11.9 Å². The molecular weight excluding hydrogens is 300 g/mol. The smallest absolute Gasteiger partial charge is 0.337 e. The number of anilines is 1. The summed E-state index contributed by atoms with van der Waals surface area (Å²) in [5.41, 5.74) is 1.09. The molecule has 1 aromatic heterocycles. The van der Waals surface area contributed by atoms with Gasteiger partial charge >= 0.3 is 5.97 Å². The third-order valence-electron chi connectivity index (χ3n) is 3.11. The van der Waals surface area contributed by atoms with Gasteiger partial charge in [-0.3, -0.25) is 9.59 Å². The van der Waals surface area contributed by atoms with Gasteiger partial charge in [0.05, 0.1) is 11.8 Å². The summed E-state index contributed by atoms with van der Waals surface area (Å²) in [5.74, 6) is -1.65. The number of rotatable bonds is 6. The molecule has 120 valence electrons. The van der Waals surface area contributed by atoms with Gasteiger partial charge in [-0.2, -0.15) is 4.73 Å². The Bertz CT molecular complexity index is 765. The molecule has 0 aliphatic rings. The molecule has 7 nitrogen and oxygen atoms in total. The van der Waals surface area contributed by atoms with Crippen LogP contribution in [0.5, 0.6) is 0 Å². The van der Waals surface area contributed by atoms with Crippen molar-refractivity contribution in [3.8, 4) is 0 Å². The van der Waals surface area contributed by atoms with Gasteiger partial charge in [-0.15, -0.1) is 0 Å². The van der Waals surface area contributed by atoms with Crippen molar-refractivity contribution < 1.29 is 19.5 Å². The van der Waals surface area contributed by atoms with Crippen LogP contribution in [0.4, 0.5) is 5.69 Å². The molecule has 2 aromatic rings. The Kier molecular flexibility index (Phi) is 5.14. The lowest BCUT2D eigenvalue weighted by Gasteiger charge is -2.09. The number of aryl methyl sites for hydroxylation is 1. The van der Waals surface area contributed by atoms with Crippen LogP contribution in [0.15, 0.2) is 47.4 Å². The molecule has 0 fully saturated rings. The van der Waals surface area contributed by atoms with Crippen LogP contribution in [0.2, 0.25) is 0 Å². The Morgan fingerprint density at radius 3 is 2.48 bits per heavy atom. The van der Waals surface area contributed by atoms with E-state index in [0.29, 0.717) is 5.69 Å². The van der Waals surface area contributed by atoms with Crippen LogP contribution >= 0.6 is 0 Å². The minimum atomic E-state index is -1.19. The number of carbonyl (C=O) groups excluding carboxylic acids is 1. The first-order chi connectivity index (χ1) is 11.0. The van der Waals surface area contributed by atoms with Crippen molar-refractivity contribution in [1.29, 1.82) is 0 Å². The van der Waals surface area contributed by atoms with Crippen LogP contribution in [0.1, 0.15) is 22.8 Å². The van der Waals surface area contributed by atoms with Crippen LogP contribution in [-0.4, -0.2) is 28.3 Å². The second kappa shape index (κ2) is 7.26. The molecule has 7 heteroatoms. The summed E-state index contributed by atoms with van der Waals surface area (Å²) in [6.45, 7) is 1.61. The quantitative estimate of drug-likeness (QED) is 0.834. The number of hydrogen-bond donors (Lipinski definition) is 2. The number of benzene rings is 1. The zero-order valence-corrected chi connectivity index (χ0v) is 12.5. The third kappa shape index (κ3) is 4.44. The van der Waals surface area contributed by atoms with E-state index < -0.39 is 24.0 Å². The summed E-state index contributed by atoms with van der Waals surface area (Å²) in [6, 6.07) is 9.57. The average molecular weight is 316 g/mol. The van der Waals surface area contributed by atoms with Crippen molar-refractivity contribution in [2.45, 2.75) is 13.3 Å². The predicted molar refractivity (Wildman–Crippen MR) is 83.6 cm³/mol. The van der Waals surface area contributed by atoms with E-state index in [2.05, 4.69) is 5.32 Å². The molecular formula is C16H16N2O5. The minimum absolute atomic E-state index is 0.111. The van der Waals surface area contributed by atoms with Crippen molar-refractivity contribution in [2.24, 2.45) is 0 Å². The number of nitrogens with one attached hydrogen (secondary N) is 1. The monoisotopic (exact) mass is 316 g/mol. The first kappa shape index (κ1) is 16.3. The minimum Gasteiger partial charge on any atom is -0.478 e. The average Bonchev–Trinajstić information content (AvgIpc) is 2.54. The molecule has 0 spiro atoms. The topological polar surface area (TPSA) is 97.6 Å². The van der Waals surface area contributed by atoms with Crippen LogP contribution in [0.25, 0.3) is 0 Å². The number of aromatic nitrogens is 1. The maximum atomic E-state index is 11.8. The summed E-state index contributed by atoms with van der Waals surface area (Å²) in [5, 5.41) is 11.5. The van der Waals surface area contributed by atoms with Gasteiger partial charge in [-0.25, -0.2) is 4.79 Å². The van der Waals surface area contributed by atoms with Crippen molar-refractivity contribution >= 4 is 17.6 Å². The largest absolute Gasteiger partial charge is 0.478 e. The van der Waals surface area contributed by atoms with E-state index in [0.717, 1.165) is 29.0 Å². The van der Waals surface area contributed by atoms with Crippen LogP contribution in [0.3, 0.4) is 0 Å². The van der Waals surface area contributed by atoms with Crippen LogP contribution < -0.4 is 15.7 Å². The van der Waals surface area contributed by atoms with Gasteiger partial charge < -0.3 is 15.3 Å². The summed E-state index contributed by atoms with van der Waals surface area (Å²) in [4.78, 5) is 39.2. The van der Waals surface area contributed by atoms with E-state index in [1.54, 1.807) is 12.1 Å². The van der Waals surface area contributed by atoms with Crippen molar-refractivity contribution in [3.63, 3.8) is 0 Å². The molecule has 1 heterocycles. The second-order valence-corrected chi connectivity index (χ2v) is 4.76. The number of carboxylic acid groups (broad SMARTS) is 1. The molecule has 1 amide bonds. The summed E-state index contributed by atoms with van der Waals surface area (Å²) in [6.07, 6.45) is 1.92. The lowest BCUT2D eigenvalue weighted by Crippen LogP contribution is -2.32. The molecule has 2 N–H and O–H groups in total. The van der Waals surface area contributed by atoms with Gasteiger partial charge in [0.25, 0.3) is 11.5 Å². The van der Waals surface area contributed by atoms with Crippen LogP contribution in [-0.2, 0) is 11.2 Å². The molecule has 2 rings (SSSR count). The number of carboxylic acids is 1. The van der Waals surface area contributed by atoms with E-state index in [1.807, 2.05) is 19.1 Å². The molecule has 0 atom stereocenters. The molecule has 23 heavy (non-hydrogen) atoms. The maximum Gasteiger partial charge on any atom is 0.337 e. The third-order valence-corrected chi connectivity index (χ3v) is 3.11. The number of aromatic carboxylic acids is 1. The molecule has 0 bridgehead atoms. The summed E-state index contributed by atoms with van der Waals surface area (Å²) >= 11 is 0. The van der Waals surface area contributed by atoms with Crippen LogP contribution in [0, 0.1) is 0 Å². The summed E-state index contributed by atoms with van der Waals surface area (Å²) < 4.78 is 0.725. The van der Waals surface area contributed by atoms with E-state index in [9.17, 15) is 14.4 Å². The maximum absolute atomic E-state index is 11.8. The Morgan fingerprint density at radius 1 is 1.17 bits per heavy atom. The highest BCUT2D eigenvalue weighted by molar-refractivity contribution is 5.91. The molecule has 0 saturated heterocycles. The normalized spacial score (nSPS) is 10.1. The Hall–Kier alpha value is -3.09. The molecule has 0 radical (unpaired) electrons. The molecule has 0 aliphatic heterocycles. The van der Waals surface area contributed by atoms with Gasteiger partial charge in [0.15, 0.2) is 6.61 Å². The lowest BCUT2D eigenvalue weighted by atomic mass is 10.1. The second-order valence-electron chi connectivity index (χ2n) is 4.76. The van der Waals surface area contributed by atoms with Gasteiger partial charge in [-0.1, -0.05) is 19.1 Å². The standard InChI is InChI=1S/C16H16N2O5/c1-2-11-3-6-13(7-4-11)17-14(19)10-23-18-9-12(16(21)22)5-8-15(18)20/h3-9H,2,10H2,1H3,(H,17,19)(H,21,22). The highest BCUT2D eigenvalue weighted by atomic mass is 16.7. The molecule has 0 unspecified atom stereocenters. The first-order valence-corrected chi connectivity index (χ1v) is 6.97. The lowest BCUT2D eigenvalue weighted by molar-refractivity contribution is -0.120. The number of pyridine rings is 1. The van der Waals surface area contributed by atoms with Gasteiger partial charge in [0, 0.05) is 11.8 Å². The summed E-state index contributed by atoms with van der Waals surface area (Å²) in [7, 11) is 0. The Balaban J connectivity index is 1.97. The predicted octanol–water partition coefficient (Wildman–Crippen LogP) is 1.18. The fraction of sp³-hybridized carbons (Fsp3) is 0.188. The van der Waals surface area contributed by atoms with Gasteiger partial charge in [0.1, 0.15) is 0 Å². The Labute approximate surface area is 132 Å². The highest BCUT2D eigenvalue weighted by Crippen LogP contribution is 2.09. The molecule has 1 aromatic carbocycles.